The van der Waals surface area contributed by atoms with E-state index in [0.717, 1.165) is 6.20 Å². The molecule has 0 radical (unpaired) electrons. The summed E-state index contributed by atoms with van der Waals surface area (Å²) in [6.07, 6.45) is 3.30. The fourth-order valence-corrected chi connectivity index (χ4v) is 1.78. The van der Waals surface area contributed by atoms with Crippen molar-refractivity contribution >= 4 is 5.78 Å². The Balaban J connectivity index is 2.14. The van der Waals surface area contributed by atoms with E-state index in [-0.39, 0.29) is 17.8 Å². The summed E-state index contributed by atoms with van der Waals surface area (Å²) < 4.78 is 18.1. The van der Waals surface area contributed by atoms with Crippen LogP contribution < -0.4 is 0 Å². The zero-order valence-electron chi connectivity index (χ0n) is 8.44. The highest BCUT2D eigenvalue weighted by Crippen LogP contribution is 2.22. The molecule has 0 aromatic carbocycles. The number of hydrogen-bond donors (Lipinski definition) is 0. The fourth-order valence-electron chi connectivity index (χ4n) is 1.78. The van der Waals surface area contributed by atoms with Crippen LogP contribution in [0.3, 0.4) is 0 Å². The van der Waals surface area contributed by atoms with Gasteiger partial charge in [-0.15, -0.1) is 0 Å². The fraction of sp³-hybridized carbons (Fsp3) is 0.455. The zero-order chi connectivity index (χ0) is 10.8. The van der Waals surface area contributed by atoms with Crippen molar-refractivity contribution in [2.24, 2.45) is 5.92 Å². The number of carbonyl (C=O) groups excluding carboxylic acids is 1. The molecule has 1 aromatic heterocycles. The van der Waals surface area contributed by atoms with Gasteiger partial charge in [-0.25, -0.2) is 4.39 Å². The number of ether oxygens (including phenoxy) is 1. The summed E-state index contributed by atoms with van der Waals surface area (Å²) in [4.78, 5) is 15.5. The Morgan fingerprint density at radius 3 is 3.00 bits per heavy atom. The van der Waals surface area contributed by atoms with E-state index in [0.29, 0.717) is 18.6 Å². The lowest BCUT2D eigenvalue weighted by molar-refractivity contribution is 0.0877. The standard InChI is InChI=1S/C11H12FNO2/c1-7-2-9(6-15-7)11(14)8-3-10(12)5-13-4-8/h3-5,7,9H,2,6H2,1H3. The summed E-state index contributed by atoms with van der Waals surface area (Å²) in [7, 11) is 0. The highest BCUT2D eigenvalue weighted by molar-refractivity contribution is 5.97. The van der Waals surface area contributed by atoms with Crippen LogP contribution in [0.4, 0.5) is 4.39 Å². The van der Waals surface area contributed by atoms with Crippen LogP contribution in [0.1, 0.15) is 23.7 Å². The lowest BCUT2D eigenvalue weighted by Crippen LogP contribution is -2.15. The number of pyridine rings is 1. The minimum atomic E-state index is -0.479. The molecule has 0 aliphatic carbocycles. The molecule has 0 amide bonds. The Kier molecular flexibility index (Phi) is 2.77. The van der Waals surface area contributed by atoms with Crippen LogP contribution in [0.15, 0.2) is 18.5 Å². The summed E-state index contributed by atoms with van der Waals surface area (Å²) >= 11 is 0. The van der Waals surface area contributed by atoms with Crippen LogP contribution in [0.25, 0.3) is 0 Å². The minimum absolute atomic E-state index is 0.0775. The summed E-state index contributed by atoms with van der Waals surface area (Å²) in [6.45, 7) is 2.35. The molecule has 4 heteroatoms. The van der Waals surface area contributed by atoms with Crippen molar-refractivity contribution in [3.63, 3.8) is 0 Å². The average Bonchev–Trinajstić information content (AvgIpc) is 2.64. The highest BCUT2D eigenvalue weighted by Gasteiger charge is 2.29. The van der Waals surface area contributed by atoms with E-state index in [4.69, 9.17) is 4.74 Å². The van der Waals surface area contributed by atoms with E-state index >= 15 is 0 Å². The van der Waals surface area contributed by atoms with Gasteiger partial charge in [-0.05, 0) is 19.4 Å². The van der Waals surface area contributed by atoms with Crippen molar-refractivity contribution in [1.82, 2.24) is 4.98 Å². The number of nitrogens with zero attached hydrogens (tertiary/aromatic N) is 1. The number of aromatic nitrogens is 1. The number of carbonyl (C=O) groups is 1. The van der Waals surface area contributed by atoms with Gasteiger partial charge in [-0.3, -0.25) is 9.78 Å². The second-order valence-electron chi connectivity index (χ2n) is 3.83. The van der Waals surface area contributed by atoms with Gasteiger partial charge in [0.1, 0.15) is 5.82 Å². The van der Waals surface area contributed by atoms with E-state index in [2.05, 4.69) is 4.98 Å². The topological polar surface area (TPSA) is 39.2 Å². The predicted octanol–water partition coefficient (Wildman–Crippen LogP) is 1.83. The molecule has 0 N–H and O–H groups in total. The van der Waals surface area contributed by atoms with Crippen molar-refractivity contribution in [2.45, 2.75) is 19.4 Å². The van der Waals surface area contributed by atoms with Gasteiger partial charge in [0.05, 0.1) is 18.9 Å². The van der Waals surface area contributed by atoms with Crippen LogP contribution in [-0.2, 0) is 4.74 Å². The normalized spacial score (nSPS) is 25.5. The van der Waals surface area contributed by atoms with Crippen LogP contribution >= 0.6 is 0 Å². The van der Waals surface area contributed by atoms with Crippen molar-refractivity contribution in [2.75, 3.05) is 6.61 Å². The Labute approximate surface area is 87.3 Å². The number of halogens is 1. The third-order valence-corrected chi connectivity index (χ3v) is 2.56. The Morgan fingerprint density at radius 1 is 1.60 bits per heavy atom. The number of rotatable bonds is 2. The minimum Gasteiger partial charge on any atom is -0.378 e. The molecule has 1 aliphatic rings. The molecule has 0 bridgehead atoms. The van der Waals surface area contributed by atoms with Crippen molar-refractivity contribution in [3.8, 4) is 0 Å². The van der Waals surface area contributed by atoms with Crippen molar-refractivity contribution < 1.29 is 13.9 Å². The maximum Gasteiger partial charge on any atom is 0.169 e. The van der Waals surface area contributed by atoms with Gasteiger partial charge in [0, 0.05) is 17.7 Å². The number of hydrogen-bond acceptors (Lipinski definition) is 3. The van der Waals surface area contributed by atoms with Crippen LogP contribution in [0.2, 0.25) is 0 Å². The van der Waals surface area contributed by atoms with E-state index < -0.39 is 5.82 Å². The Hall–Kier alpha value is -1.29. The van der Waals surface area contributed by atoms with E-state index in [1.54, 1.807) is 0 Å². The average molecular weight is 209 g/mol. The van der Waals surface area contributed by atoms with Gasteiger partial charge in [0.15, 0.2) is 5.78 Å². The monoisotopic (exact) mass is 209 g/mol. The first-order chi connectivity index (χ1) is 7.16. The van der Waals surface area contributed by atoms with Gasteiger partial charge in [0.25, 0.3) is 0 Å². The molecule has 1 aliphatic heterocycles. The molecule has 15 heavy (non-hydrogen) atoms. The third kappa shape index (κ3) is 2.21. The SMILES string of the molecule is CC1CC(C(=O)c2cncc(F)c2)CO1. The molecule has 2 unspecified atom stereocenters. The Morgan fingerprint density at radius 2 is 2.40 bits per heavy atom. The van der Waals surface area contributed by atoms with Gasteiger partial charge in [0.2, 0.25) is 0 Å². The van der Waals surface area contributed by atoms with E-state index in [1.165, 1.54) is 12.3 Å². The number of ketones is 1. The first kappa shape index (κ1) is 10.2. The van der Waals surface area contributed by atoms with Gasteiger partial charge < -0.3 is 4.74 Å². The molecule has 1 aromatic rings. The Bertz CT molecular complexity index is 381. The largest absolute Gasteiger partial charge is 0.378 e. The summed E-state index contributed by atoms with van der Waals surface area (Å²) in [6, 6.07) is 1.22. The third-order valence-electron chi connectivity index (χ3n) is 2.56. The molecule has 1 saturated heterocycles. The second-order valence-corrected chi connectivity index (χ2v) is 3.83. The van der Waals surface area contributed by atoms with Gasteiger partial charge in [-0.1, -0.05) is 0 Å². The lowest BCUT2D eigenvalue weighted by atomic mass is 9.96. The molecule has 0 saturated carbocycles. The smallest absolute Gasteiger partial charge is 0.169 e. The van der Waals surface area contributed by atoms with E-state index in [9.17, 15) is 9.18 Å². The molecule has 0 spiro atoms. The highest BCUT2D eigenvalue weighted by atomic mass is 19.1. The lowest BCUT2D eigenvalue weighted by Gasteiger charge is -2.05. The van der Waals surface area contributed by atoms with Crippen molar-refractivity contribution in [3.05, 3.63) is 29.8 Å². The molecular weight excluding hydrogens is 197 g/mol. The second kappa shape index (κ2) is 4.06. The van der Waals surface area contributed by atoms with Gasteiger partial charge in [-0.2, -0.15) is 0 Å². The van der Waals surface area contributed by atoms with E-state index in [1.807, 2.05) is 6.92 Å². The molecule has 2 heterocycles. The zero-order valence-corrected chi connectivity index (χ0v) is 8.44. The molecule has 2 rings (SSSR count). The first-order valence-electron chi connectivity index (χ1n) is 4.93. The van der Waals surface area contributed by atoms with Crippen LogP contribution in [0, 0.1) is 11.7 Å². The summed E-state index contributed by atoms with van der Waals surface area (Å²) in [5.41, 5.74) is 0.331. The van der Waals surface area contributed by atoms with Crippen LogP contribution in [-0.4, -0.2) is 23.5 Å². The van der Waals surface area contributed by atoms with Gasteiger partial charge >= 0.3 is 0 Å². The summed E-state index contributed by atoms with van der Waals surface area (Å²) in [5, 5.41) is 0. The maximum absolute atomic E-state index is 12.8. The molecule has 3 nitrogen and oxygen atoms in total. The quantitative estimate of drug-likeness (QED) is 0.697. The molecule has 1 fully saturated rings. The maximum atomic E-state index is 12.8. The number of Topliss-reactive ketones (excluding diaryl/α,β-unsaturated/α-hetero) is 1. The molecular formula is C11H12FNO2. The van der Waals surface area contributed by atoms with Crippen molar-refractivity contribution in [1.29, 1.82) is 0 Å². The summed E-state index contributed by atoms with van der Waals surface area (Å²) in [5.74, 6) is -0.706. The molecule has 2 atom stereocenters. The van der Waals surface area contributed by atoms with Crippen LogP contribution in [0.5, 0.6) is 0 Å². The predicted molar refractivity (Wildman–Crippen MR) is 52.0 cm³/mol. The molecule has 80 valence electrons. The first-order valence-corrected chi connectivity index (χ1v) is 4.93.